The summed E-state index contributed by atoms with van der Waals surface area (Å²) in [6.07, 6.45) is 0. The molecule has 2 aromatic carbocycles. The van der Waals surface area contributed by atoms with E-state index in [0.29, 0.717) is 36.8 Å². The van der Waals surface area contributed by atoms with E-state index in [1.807, 2.05) is 60.7 Å². The van der Waals surface area contributed by atoms with Crippen LogP contribution in [-0.2, 0) is 20.1 Å². The van der Waals surface area contributed by atoms with Gasteiger partial charge in [-0.2, -0.15) is 4.98 Å². The first-order valence-corrected chi connectivity index (χ1v) is 9.28. The average molecular weight is 391 g/mol. The van der Waals surface area contributed by atoms with Gasteiger partial charge in [-0.3, -0.25) is 14.3 Å². The van der Waals surface area contributed by atoms with Crippen molar-refractivity contribution in [2.75, 3.05) is 11.9 Å². The zero-order valence-corrected chi connectivity index (χ0v) is 16.0. The van der Waals surface area contributed by atoms with Crippen LogP contribution < -0.4 is 21.3 Å². The molecule has 0 unspecified atom stereocenters. The van der Waals surface area contributed by atoms with E-state index in [2.05, 4.69) is 15.3 Å². The maximum atomic E-state index is 12.5. The van der Waals surface area contributed by atoms with Crippen LogP contribution in [0.1, 0.15) is 5.56 Å². The molecule has 4 rings (SSSR count). The second-order valence-electron chi connectivity index (χ2n) is 6.58. The number of nitrogens with one attached hydrogen (secondary N) is 2. The van der Waals surface area contributed by atoms with E-state index in [-0.39, 0.29) is 0 Å². The van der Waals surface area contributed by atoms with Crippen molar-refractivity contribution in [1.82, 2.24) is 19.1 Å². The Morgan fingerprint density at radius 2 is 1.72 bits per heavy atom. The Bertz CT molecular complexity index is 1230. The molecule has 0 saturated carbocycles. The van der Waals surface area contributed by atoms with Gasteiger partial charge in [0.2, 0.25) is 5.95 Å². The Labute approximate surface area is 166 Å². The lowest BCUT2D eigenvalue weighted by Gasteiger charge is -2.11. The van der Waals surface area contributed by atoms with E-state index in [0.717, 1.165) is 11.3 Å². The summed E-state index contributed by atoms with van der Waals surface area (Å²) in [6, 6.07) is 19.3. The van der Waals surface area contributed by atoms with E-state index in [1.165, 1.54) is 4.57 Å². The summed E-state index contributed by atoms with van der Waals surface area (Å²) in [7, 11) is 1.58. The third-order valence-electron chi connectivity index (χ3n) is 4.63. The van der Waals surface area contributed by atoms with E-state index < -0.39 is 11.2 Å². The summed E-state index contributed by atoms with van der Waals surface area (Å²) in [5.41, 5.74) is 0.771. The predicted molar refractivity (Wildman–Crippen MR) is 111 cm³/mol. The van der Waals surface area contributed by atoms with Gasteiger partial charge in [-0.15, -0.1) is 0 Å². The molecule has 0 saturated heterocycles. The van der Waals surface area contributed by atoms with Crippen LogP contribution in [0.25, 0.3) is 11.2 Å². The number of aromatic nitrogens is 4. The van der Waals surface area contributed by atoms with Crippen LogP contribution in [0.3, 0.4) is 0 Å². The summed E-state index contributed by atoms with van der Waals surface area (Å²) in [6.45, 7) is 1.27. The molecule has 148 valence electrons. The number of ether oxygens (including phenoxy) is 1. The molecule has 0 aliphatic carbocycles. The number of fused-ring (bicyclic) bond motifs is 1. The van der Waals surface area contributed by atoms with Crippen molar-refractivity contribution in [3.63, 3.8) is 0 Å². The summed E-state index contributed by atoms with van der Waals surface area (Å²) in [5, 5.41) is 3.27. The molecule has 29 heavy (non-hydrogen) atoms. The van der Waals surface area contributed by atoms with Crippen LogP contribution >= 0.6 is 0 Å². The Kier molecular flexibility index (Phi) is 5.15. The molecule has 8 nitrogen and oxygen atoms in total. The van der Waals surface area contributed by atoms with Crippen molar-refractivity contribution in [2.24, 2.45) is 7.05 Å². The van der Waals surface area contributed by atoms with Gasteiger partial charge in [0.05, 0.1) is 6.54 Å². The van der Waals surface area contributed by atoms with Gasteiger partial charge in [0.15, 0.2) is 11.2 Å². The first-order chi connectivity index (χ1) is 14.1. The van der Waals surface area contributed by atoms with Crippen molar-refractivity contribution < 1.29 is 4.74 Å². The number of nitrogens with zero attached hydrogens (tertiary/aromatic N) is 3. The number of para-hydroxylation sites is 1. The highest BCUT2D eigenvalue weighted by atomic mass is 16.5. The molecular weight excluding hydrogens is 370 g/mol. The lowest BCUT2D eigenvalue weighted by Crippen LogP contribution is -2.29. The maximum Gasteiger partial charge on any atom is 0.329 e. The minimum atomic E-state index is -0.498. The van der Waals surface area contributed by atoms with Gasteiger partial charge in [-0.25, -0.2) is 4.79 Å². The smallest absolute Gasteiger partial charge is 0.329 e. The second kappa shape index (κ2) is 8.05. The van der Waals surface area contributed by atoms with Gasteiger partial charge in [-0.05, 0) is 17.7 Å². The summed E-state index contributed by atoms with van der Waals surface area (Å²) in [5.74, 6) is 1.25. The second-order valence-corrected chi connectivity index (χ2v) is 6.58. The van der Waals surface area contributed by atoms with Gasteiger partial charge in [0.25, 0.3) is 5.56 Å². The van der Waals surface area contributed by atoms with Gasteiger partial charge in [0.1, 0.15) is 12.4 Å². The fourth-order valence-electron chi connectivity index (χ4n) is 3.14. The molecule has 0 spiro atoms. The summed E-state index contributed by atoms with van der Waals surface area (Å²) >= 11 is 0. The van der Waals surface area contributed by atoms with Crippen LogP contribution in [-0.4, -0.2) is 25.7 Å². The molecule has 4 aromatic rings. The summed E-state index contributed by atoms with van der Waals surface area (Å²) in [4.78, 5) is 31.3. The summed E-state index contributed by atoms with van der Waals surface area (Å²) < 4.78 is 8.86. The van der Waals surface area contributed by atoms with Gasteiger partial charge in [0, 0.05) is 13.6 Å². The Morgan fingerprint density at radius 3 is 2.45 bits per heavy atom. The van der Waals surface area contributed by atoms with Crippen molar-refractivity contribution in [3.8, 4) is 5.75 Å². The number of anilines is 1. The molecule has 2 aromatic heterocycles. The molecule has 0 atom stereocenters. The van der Waals surface area contributed by atoms with Gasteiger partial charge >= 0.3 is 5.69 Å². The molecule has 2 heterocycles. The number of aryl methyl sites for hydroxylation is 1. The topological polar surface area (TPSA) is 93.9 Å². The Balaban J connectivity index is 1.66. The van der Waals surface area contributed by atoms with E-state index in [4.69, 9.17) is 4.74 Å². The van der Waals surface area contributed by atoms with Crippen molar-refractivity contribution in [1.29, 1.82) is 0 Å². The quantitative estimate of drug-likeness (QED) is 0.503. The average Bonchev–Trinajstić information content (AvgIpc) is 3.11. The monoisotopic (exact) mass is 391 g/mol. The number of H-pyrrole nitrogens is 1. The van der Waals surface area contributed by atoms with Crippen LogP contribution in [0.4, 0.5) is 5.95 Å². The minimum Gasteiger partial charge on any atom is -0.492 e. The molecular formula is C21H21N5O3. The van der Waals surface area contributed by atoms with Crippen molar-refractivity contribution in [2.45, 2.75) is 13.1 Å². The highest BCUT2D eigenvalue weighted by Crippen LogP contribution is 2.17. The molecule has 0 radical (unpaired) electrons. The molecule has 0 fully saturated rings. The molecule has 8 heteroatoms. The third kappa shape index (κ3) is 3.91. The van der Waals surface area contributed by atoms with E-state index >= 15 is 0 Å². The highest BCUT2D eigenvalue weighted by Gasteiger charge is 2.17. The van der Waals surface area contributed by atoms with Gasteiger partial charge in [-0.1, -0.05) is 48.5 Å². The van der Waals surface area contributed by atoms with Crippen LogP contribution in [0, 0.1) is 0 Å². The number of hydrogen-bond donors (Lipinski definition) is 2. The molecule has 0 aliphatic rings. The first-order valence-electron chi connectivity index (χ1n) is 9.28. The van der Waals surface area contributed by atoms with Crippen molar-refractivity contribution >= 4 is 17.1 Å². The number of aromatic amines is 1. The number of imidazole rings is 1. The van der Waals surface area contributed by atoms with Crippen LogP contribution in [0.5, 0.6) is 5.75 Å². The number of benzene rings is 2. The predicted octanol–water partition coefficient (Wildman–Crippen LogP) is 2.11. The van der Waals surface area contributed by atoms with E-state index in [9.17, 15) is 9.59 Å². The van der Waals surface area contributed by atoms with Crippen molar-refractivity contribution in [3.05, 3.63) is 87.1 Å². The lowest BCUT2D eigenvalue weighted by molar-refractivity contribution is 0.301. The number of rotatable bonds is 7. The fourth-order valence-corrected chi connectivity index (χ4v) is 3.14. The fraction of sp³-hybridized carbons (Fsp3) is 0.190. The van der Waals surface area contributed by atoms with Crippen LogP contribution in [0.15, 0.2) is 70.3 Å². The molecule has 0 amide bonds. The minimum absolute atomic E-state index is 0.328. The third-order valence-corrected chi connectivity index (χ3v) is 4.63. The first kappa shape index (κ1) is 18.5. The molecule has 2 N–H and O–H groups in total. The van der Waals surface area contributed by atoms with Crippen LogP contribution in [0.2, 0.25) is 0 Å². The maximum absolute atomic E-state index is 12.5. The normalized spacial score (nSPS) is 10.9. The zero-order valence-electron chi connectivity index (χ0n) is 16.0. The SMILES string of the molecule is Cn1c(=O)[nH]c(=O)c2c1nc(NCc1ccccc1)n2CCOc1ccccc1. The zero-order chi connectivity index (χ0) is 20.2. The number of hydrogen-bond acceptors (Lipinski definition) is 5. The van der Waals surface area contributed by atoms with E-state index in [1.54, 1.807) is 11.6 Å². The Morgan fingerprint density at radius 1 is 1.03 bits per heavy atom. The molecule has 0 aliphatic heterocycles. The van der Waals surface area contributed by atoms with Gasteiger partial charge < -0.3 is 14.6 Å². The highest BCUT2D eigenvalue weighted by molar-refractivity contribution is 5.74. The standard InChI is InChI=1S/C21H21N5O3/c1-25-18-17(19(27)24-21(25)28)26(12-13-29-16-10-6-3-7-11-16)20(23-18)22-14-15-8-4-2-5-9-15/h2-11H,12-14H2,1H3,(H,22,23)(H,24,27,28). The largest absolute Gasteiger partial charge is 0.492 e. The Hall–Kier alpha value is -3.81. The lowest BCUT2D eigenvalue weighted by atomic mass is 10.2. The molecule has 0 bridgehead atoms.